The first-order valence-corrected chi connectivity index (χ1v) is 7.02. The van der Waals surface area contributed by atoms with Crippen molar-refractivity contribution in [3.05, 3.63) is 35.5 Å². The van der Waals surface area contributed by atoms with E-state index in [0.717, 1.165) is 36.6 Å². The first-order valence-electron chi connectivity index (χ1n) is 7.02. The maximum Gasteiger partial charge on any atom is 0.253 e. The van der Waals surface area contributed by atoms with Gasteiger partial charge in [0, 0.05) is 25.1 Å². The number of aryl methyl sites for hydroxylation is 1. The molecule has 0 unspecified atom stereocenters. The number of rotatable bonds is 8. The van der Waals surface area contributed by atoms with E-state index >= 15 is 0 Å². The first kappa shape index (κ1) is 15.3. The first-order chi connectivity index (χ1) is 10.2. The van der Waals surface area contributed by atoms with E-state index < -0.39 is 0 Å². The van der Waals surface area contributed by atoms with Crippen molar-refractivity contribution >= 4 is 0 Å². The lowest BCUT2D eigenvalue weighted by Gasteiger charge is -2.12. The lowest BCUT2D eigenvalue weighted by molar-refractivity contribution is 0.256. The number of ether oxygens (including phenoxy) is 2. The largest absolute Gasteiger partial charge is 0.497 e. The number of hydrogen-bond donors (Lipinski definition) is 1. The molecule has 0 saturated heterocycles. The number of hydrogen-bond acceptors (Lipinski definition) is 6. The van der Waals surface area contributed by atoms with Gasteiger partial charge in [-0.15, -0.1) is 10.2 Å². The Balaban J connectivity index is 2.06. The second kappa shape index (κ2) is 7.64. The average Bonchev–Trinajstić information content (AvgIpc) is 2.92. The standard InChI is InChI=1S/C15H21N3O3/c1-4-7-16-9-12-5-6-13(19-3)8-14(12)20-10-15-18-17-11(2)21-15/h5-6,8,16H,4,7,9-10H2,1-3H3. The van der Waals surface area contributed by atoms with Gasteiger partial charge in [0.05, 0.1) is 7.11 Å². The van der Waals surface area contributed by atoms with Gasteiger partial charge in [-0.3, -0.25) is 0 Å². The SMILES string of the molecule is CCCNCc1ccc(OC)cc1OCc1nnc(C)o1. The van der Waals surface area contributed by atoms with E-state index in [-0.39, 0.29) is 6.61 Å². The quantitative estimate of drug-likeness (QED) is 0.753. The van der Waals surface area contributed by atoms with Crippen molar-refractivity contribution in [2.24, 2.45) is 0 Å². The van der Waals surface area contributed by atoms with E-state index in [1.165, 1.54) is 0 Å². The van der Waals surface area contributed by atoms with Gasteiger partial charge in [-0.1, -0.05) is 13.0 Å². The van der Waals surface area contributed by atoms with Crippen LogP contribution in [0, 0.1) is 6.92 Å². The molecule has 0 radical (unpaired) electrons. The summed E-state index contributed by atoms with van der Waals surface area (Å²) >= 11 is 0. The normalized spacial score (nSPS) is 10.6. The van der Waals surface area contributed by atoms with E-state index in [4.69, 9.17) is 13.9 Å². The van der Waals surface area contributed by atoms with Crippen molar-refractivity contribution in [2.45, 2.75) is 33.4 Å². The molecule has 21 heavy (non-hydrogen) atoms. The van der Waals surface area contributed by atoms with Crippen LogP contribution in [0.15, 0.2) is 22.6 Å². The van der Waals surface area contributed by atoms with Gasteiger partial charge in [-0.05, 0) is 19.0 Å². The average molecular weight is 291 g/mol. The van der Waals surface area contributed by atoms with E-state index in [2.05, 4.69) is 22.4 Å². The molecule has 1 aromatic heterocycles. The fourth-order valence-electron chi connectivity index (χ4n) is 1.88. The Kier molecular flexibility index (Phi) is 5.57. The third kappa shape index (κ3) is 4.46. The zero-order chi connectivity index (χ0) is 15.1. The molecule has 114 valence electrons. The Morgan fingerprint density at radius 1 is 1.29 bits per heavy atom. The molecular formula is C15H21N3O3. The molecule has 2 aromatic rings. The van der Waals surface area contributed by atoms with Crippen LogP contribution in [0.1, 0.15) is 30.7 Å². The molecule has 0 atom stereocenters. The summed E-state index contributed by atoms with van der Waals surface area (Å²) in [7, 11) is 1.63. The van der Waals surface area contributed by atoms with Crippen LogP contribution in [0.25, 0.3) is 0 Å². The molecule has 0 aliphatic heterocycles. The highest BCUT2D eigenvalue weighted by molar-refractivity contribution is 5.40. The molecule has 0 aliphatic rings. The fourth-order valence-corrected chi connectivity index (χ4v) is 1.88. The molecule has 1 N–H and O–H groups in total. The smallest absolute Gasteiger partial charge is 0.253 e. The van der Waals surface area contributed by atoms with Crippen molar-refractivity contribution in [3.8, 4) is 11.5 Å². The lowest BCUT2D eigenvalue weighted by Crippen LogP contribution is -2.14. The van der Waals surface area contributed by atoms with Gasteiger partial charge in [0.1, 0.15) is 11.5 Å². The minimum Gasteiger partial charge on any atom is -0.497 e. The zero-order valence-corrected chi connectivity index (χ0v) is 12.7. The molecule has 0 fully saturated rings. The summed E-state index contributed by atoms with van der Waals surface area (Å²) in [4.78, 5) is 0. The molecule has 2 rings (SSSR count). The van der Waals surface area contributed by atoms with Gasteiger partial charge in [-0.25, -0.2) is 0 Å². The van der Waals surface area contributed by atoms with Crippen molar-refractivity contribution in [1.82, 2.24) is 15.5 Å². The summed E-state index contributed by atoms with van der Waals surface area (Å²) < 4.78 is 16.3. The van der Waals surface area contributed by atoms with Crippen LogP contribution in [-0.4, -0.2) is 23.9 Å². The molecule has 0 amide bonds. The summed E-state index contributed by atoms with van der Waals surface area (Å²) in [6.45, 7) is 5.84. The van der Waals surface area contributed by atoms with Crippen LogP contribution in [0.2, 0.25) is 0 Å². The number of nitrogens with one attached hydrogen (secondary N) is 1. The highest BCUT2D eigenvalue weighted by Gasteiger charge is 2.09. The van der Waals surface area contributed by atoms with Gasteiger partial charge in [-0.2, -0.15) is 0 Å². The molecule has 1 heterocycles. The Bertz CT molecular complexity index is 569. The van der Waals surface area contributed by atoms with Crippen molar-refractivity contribution in [2.75, 3.05) is 13.7 Å². The second-order valence-electron chi connectivity index (χ2n) is 4.65. The van der Waals surface area contributed by atoms with Crippen LogP contribution >= 0.6 is 0 Å². The number of benzene rings is 1. The maximum atomic E-state index is 5.79. The summed E-state index contributed by atoms with van der Waals surface area (Å²) in [5, 5.41) is 11.1. The molecule has 6 heteroatoms. The topological polar surface area (TPSA) is 69.4 Å². The summed E-state index contributed by atoms with van der Waals surface area (Å²) in [5.41, 5.74) is 1.07. The summed E-state index contributed by atoms with van der Waals surface area (Å²) in [5.74, 6) is 2.51. The molecule has 0 spiro atoms. The van der Waals surface area contributed by atoms with Gasteiger partial charge in [0.25, 0.3) is 5.89 Å². The lowest BCUT2D eigenvalue weighted by atomic mass is 10.2. The van der Waals surface area contributed by atoms with Crippen LogP contribution in [-0.2, 0) is 13.2 Å². The van der Waals surface area contributed by atoms with E-state index in [1.807, 2.05) is 18.2 Å². The highest BCUT2D eigenvalue weighted by Crippen LogP contribution is 2.25. The molecular weight excluding hydrogens is 270 g/mol. The van der Waals surface area contributed by atoms with Crippen LogP contribution in [0.4, 0.5) is 0 Å². The van der Waals surface area contributed by atoms with Gasteiger partial charge < -0.3 is 19.2 Å². The van der Waals surface area contributed by atoms with E-state index in [1.54, 1.807) is 14.0 Å². The predicted molar refractivity (Wildman–Crippen MR) is 78.4 cm³/mol. The number of aromatic nitrogens is 2. The molecule has 0 aliphatic carbocycles. The summed E-state index contributed by atoms with van der Waals surface area (Å²) in [6.07, 6.45) is 1.09. The predicted octanol–water partition coefficient (Wildman–Crippen LogP) is 2.47. The summed E-state index contributed by atoms with van der Waals surface area (Å²) in [6, 6.07) is 5.79. The van der Waals surface area contributed by atoms with Crippen LogP contribution < -0.4 is 14.8 Å². The third-order valence-electron chi connectivity index (χ3n) is 2.94. The van der Waals surface area contributed by atoms with E-state index in [0.29, 0.717) is 11.8 Å². The number of nitrogens with zero attached hydrogens (tertiary/aromatic N) is 2. The van der Waals surface area contributed by atoms with Gasteiger partial charge >= 0.3 is 0 Å². The Hall–Kier alpha value is -2.08. The Morgan fingerprint density at radius 2 is 2.14 bits per heavy atom. The third-order valence-corrected chi connectivity index (χ3v) is 2.94. The molecule has 0 saturated carbocycles. The van der Waals surface area contributed by atoms with Crippen molar-refractivity contribution in [3.63, 3.8) is 0 Å². The second-order valence-corrected chi connectivity index (χ2v) is 4.65. The van der Waals surface area contributed by atoms with Crippen molar-refractivity contribution < 1.29 is 13.9 Å². The molecule has 0 bridgehead atoms. The van der Waals surface area contributed by atoms with Crippen LogP contribution in [0.3, 0.4) is 0 Å². The van der Waals surface area contributed by atoms with Crippen LogP contribution in [0.5, 0.6) is 11.5 Å². The van der Waals surface area contributed by atoms with E-state index in [9.17, 15) is 0 Å². The monoisotopic (exact) mass is 291 g/mol. The molecule has 1 aromatic carbocycles. The maximum absolute atomic E-state index is 5.79. The Morgan fingerprint density at radius 3 is 2.81 bits per heavy atom. The highest BCUT2D eigenvalue weighted by atomic mass is 16.5. The minimum absolute atomic E-state index is 0.245. The fraction of sp³-hybridized carbons (Fsp3) is 0.467. The minimum atomic E-state index is 0.245. The zero-order valence-electron chi connectivity index (χ0n) is 12.7. The van der Waals surface area contributed by atoms with Crippen molar-refractivity contribution in [1.29, 1.82) is 0 Å². The van der Waals surface area contributed by atoms with Gasteiger partial charge in [0.15, 0.2) is 6.61 Å². The Labute approximate surface area is 124 Å². The molecule has 6 nitrogen and oxygen atoms in total. The number of methoxy groups -OCH3 is 1. The van der Waals surface area contributed by atoms with Gasteiger partial charge in [0.2, 0.25) is 5.89 Å².